The van der Waals surface area contributed by atoms with E-state index in [4.69, 9.17) is 18.6 Å². The van der Waals surface area contributed by atoms with E-state index in [1.807, 2.05) is 0 Å². The van der Waals surface area contributed by atoms with Crippen LogP contribution in [0.1, 0.15) is 0 Å². The van der Waals surface area contributed by atoms with Gasteiger partial charge in [0.05, 0.1) is 7.11 Å². The van der Waals surface area contributed by atoms with Crippen LogP contribution in [-0.2, 0) is 9.53 Å². The van der Waals surface area contributed by atoms with Crippen molar-refractivity contribution >= 4 is 16.9 Å². The molecule has 1 aliphatic rings. The number of carboxylic acids is 1. The number of hydrogen-bond donors (Lipinski definition) is 6. The Morgan fingerprint density at radius 2 is 1.65 bits per heavy atom. The van der Waals surface area contributed by atoms with Crippen LogP contribution in [0.2, 0.25) is 0 Å². The van der Waals surface area contributed by atoms with Crippen LogP contribution < -0.4 is 14.9 Å². The topological polar surface area (TPSA) is 196 Å². The fourth-order valence-corrected chi connectivity index (χ4v) is 3.62. The number of hydrogen-bond acceptors (Lipinski definition) is 11. The molecule has 0 spiro atoms. The van der Waals surface area contributed by atoms with E-state index in [0.29, 0.717) is 5.56 Å². The molecule has 2 heterocycles. The van der Waals surface area contributed by atoms with E-state index in [9.17, 15) is 40.2 Å². The van der Waals surface area contributed by atoms with Gasteiger partial charge in [0, 0.05) is 11.6 Å². The first-order chi connectivity index (χ1) is 16.1. The summed E-state index contributed by atoms with van der Waals surface area (Å²) in [6.45, 7) is 0. The SMILES string of the molecule is COc1c(O[C@@H]2O[C@H](C(=O)O)[C@@H](O)[C@H](O)[C@H]2O)c(O)c(O)c2c(=O)cc(-c3ccccc3)oc12. The van der Waals surface area contributed by atoms with Gasteiger partial charge in [0.2, 0.25) is 23.5 Å². The van der Waals surface area contributed by atoms with E-state index in [1.165, 1.54) is 0 Å². The van der Waals surface area contributed by atoms with Crippen LogP contribution in [0.3, 0.4) is 0 Å². The molecule has 1 saturated heterocycles. The maximum atomic E-state index is 12.7. The van der Waals surface area contributed by atoms with E-state index in [2.05, 4.69) is 0 Å². The van der Waals surface area contributed by atoms with Gasteiger partial charge < -0.3 is 49.3 Å². The van der Waals surface area contributed by atoms with Gasteiger partial charge in [-0.15, -0.1) is 0 Å². The molecule has 1 fully saturated rings. The van der Waals surface area contributed by atoms with Gasteiger partial charge in [-0.05, 0) is 0 Å². The minimum absolute atomic E-state index is 0.103. The van der Waals surface area contributed by atoms with Crippen molar-refractivity contribution < 1.29 is 54.1 Å². The molecule has 5 atom stereocenters. The number of methoxy groups -OCH3 is 1. The molecule has 0 amide bonds. The lowest BCUT2D eigenvalue weighted by Crippen LogP contribution is -2.61. The first-order valence-corrected chi connectivity index (χ1v) is 9.90. The Morgan fingerprint density at radius 3 is 2.26 bits per heavy atom. The number of aliphatic hydroxyl groups excluding tert-OH is 3. The van der Waals surface area contributed by atoms with Gasteiger partial charge in [0.1, 0.15) is 29.5 Å². The highest BCUT2D eigenvalue weighted by Crippen LogP contribution is 2.50. The number of carboxylic acid groups (broad SMARTS) is 1. The van der Waals surface area contributed by atoms with Crippen molar-refractivity contribution in [2.45, 2.75) is 30.7 Å². The summed E-state index contributed by atoms with van der Waals surface area (Å²) < 4.78 is 21.5. The molecule has 0 unspecified atom stereocenters. The third-order valence-electron chi connectivity index (χ3n) is 5.35. The summed E-state index contributed by atoms with van der Waals surface area (Å²) in [6.07, 6.45) is -9.83. The summed E-state index contributed by atoms with van der Waals surface area (Å²) >= 11 is 0. The van der Waals surface area contributed by atoms with Gasteiger partial charge in [-0.3, -0.25) is 4.79 Å². The molecular formula is C22H20O12. The second-order valence-electron chi connectivity index (χ2n) is 7.46. The van der Waals surface area contributed by atoms with Gasteiger partial charge in [-0.2, -0.15) is 0 Å². The van der Waals surface area contributed by atoms with Crippen molar-refractivity contribution in [3.8, 4) is 34.3 Å². The highest BCUT2D eigenvalue weighted by Gasteiger charge is 2.48. The quantitative estimate of drug-likeness (QED) is 0.273. The van der Waals surface area contributed by atoms with Crippen molar-refractivity contribution in [3.05, 3.63) is 46.6 Å². The van der Waals surface area contributed by atoms with Crippen LogP contribution in [-0.4, -0.2) is 74.4 Å². The highest BCUT2D eigenvalue weighted by atomic mass is 16.7. The molecule has 1 aromatic heterocycles. The molecule has 4 rings (SSSR count). The Balaban J connectivity index is 1.87. The van der Waals surface area contributed by atoms with E-state index >= 15 is 0 Å². The van der Waals surface area contributed by atoms with E-state index in [-0.39, 0.29) is 17.1 Å². The summed E-state index contributed by atoms with van der Waals surface area (Å²) in [6, 6.07) is 9.61. The fourth-order valence-electron chi connectivity index (χ4n) is 3.62. The largest absolute Gasteiger partial charge is 0.504 e. The van der Waals surface area contributed by atoms with Crippen molar-refractivity contribution in [3.63, 3.8) is 0 Å². The lowest BCUT2D eigenvalue weighted by molar-refractivity contribution is -0.271. The average molecular weight is 476 g/mol. The van der Waals surface area contributed by atoms with Crippen molar-refractivity contribution in [2.24, 2.45) is 0 Å². The third kappa shape index (κ3) is 3.78. The first-order valence-electron chi connectivity index (χ1n) is 9.90. The molecule has 0 saturated carbocycles. The molecule has 0 bridgehead atoms. The van der Waals surface area contributed by atoms with Gasteiger partial charge in [-0.1, -0.05) is 30.3 Å². The molecule has 1 aliphatic heterocycles. The molecule has 12 nitrogen and oxygen atoms in total. The van der Waals surface area contributed by atoms with Crippen molar-refractivity contribution in [1.29, 1.82) is 0 Å². The predicted octanol–water partition coefficient (Wildman–Crippen LogP) is 0.151. The molecule has 34 heavy (non-hydrogen) atoms. The molecule has 0 radical (unpaired) electrons. The number of carbonyl (C=O) groups is 1. The molecule has 180 valence electrons. The smallest absolute Gasteiger partial charge is 0.335 e. The van der Waals surface area contributed by atoms with E-state index in [0.717, 1.165) is 13.2 Å². The zero-order valence-electron chi connectivity index (χ0n) is 17.5. The maximum Gasteiger partial charge on any atom is 0.335 e. The molecule has 6 N–H and O–H groups in total. The predicted molar refractivity (Wildman–Crippen MR) is 113 cm³/mol. The number of benzene rings is 2. The molecule has 2 aromatic carbocycles. The standard InChI is InChI=1S/C22H20O12/c1-31-20-17-11(9(23)7-10(32-17)8-5-3-2-4-6-8)12(24)14(26)18(20)33-22-16(28)13(25)15(27)19(34-22)21(29)30/h2-7,13,15-16,19,22,24-28H,1H3,(H,29,30)/t13-,15-,16+,19-,22+/m0/s1. The molecule has 3 aromatic rings. The average Bonchev–Trinajstić information content (AvgIpc) is 2.82. The molecule has 0 aliphatic carbocycles. The number of fused-ring (bicyclic) bond motifs is 1. The molecular weight excluding hydrogens is 456 g/mol. The Bertz CT molecular complexity index is 1280. The van der Waals surface area contributed by atoms with E-state index < -0.39 is 64.7 Å². The van der Waals surface area contributed by atoms with Crippen molar-refractivity contribution in [1.82, 2.24) is 0 Å². The Hall–Kier alpha value is -3.84. The van der Waals surface area contributed by atoms with Crippen LogP contribution in [0.25, 0.3) is 22.3 Å². The summed E-state index contributed by atoms with van der Waals surface area (Å²) in [7, 11) is 1.14. The molecule has 12 heteroatoms. The van der Waals surface area contributed by atoms with Gasteiger partial charge in [-0.25, -0.2) is 4.79 Å². The lowest BCUT2D eigenvalue weighted by atomic mass is 9.99. The van der Waals surface area contributed by atoms with Crippen LogP contribution >= 0.6 is 0 Å². The van der Waals surface area contributed by atoms with Crippen molar-refractivity contribution in [2.75, 3.05) is 7.11 Å². The number of aromatic hydroxyl groups is 2. The van der Waals surface area contributed by atoms with Gasteiger partial charge in [0.15, 0.2) is 22.9 Å². The Morgan fingerprint density at radius 1 is 0.971 bits per heavy atom. The van der Waals surface area contributed by atoms with Gasteiger partial charge >= 0.3 is 5.97 Å². The van der Waals surface area contributed by atoms with Crippen LogP contribution in [0, 0.1) is 0 Å². The highest BCUT2D eigenvalue weighted by molar-refractivity contribution is 5.95. The number of aliphatic hydroxyl groups is 3. The first kappa shape index (κ1) is 23.3. The summed E-state index contributed by atoms with van der Waals surface area (Å²) in [5, 5.41) is 59.9. The minimum atomic E-state index is -1.98. The Kier molecular flexibility index (Phi) is 6.06. The number of ether oxygens (including phenoxy) is 3. The maximum absolute atomic E-state index is 12.7. The number of phenols is 2. The Labute approximate surface area is 190 Å². The van der Waals surface area contributed by atoms with Crippen LogP contribution in [0.4, 0.5) is 0 Å². The fraction of sp³-hybridized carbons (Fsp3) is 0.273. The summed E-state index contributed by atoms with van der Waals surface area (Å²) in [4.78, 5) is 24.1. The monoisotopic (exact) mass is 476 g/mol. The second-order valence-corrected chi connectivity index (χ2v) is 7.46. The van der Waals surface area contributed by atoms with Gasteiger partial charge in [0.25, 0.3) is 0 Å². The lowest BCUT2D eigenvalue weighted by Gasteiger charge is -2.38. The van der Waals surface area contributed by atoms with Crippen LogP contribution in [0.15, 0.2) is 45.6 Å². The third-order valence-corrected chi connectivity index (χ3v) is 5.35. The number of rotatable bonds is 5. The summed E-state index contributed by atoms with van der Waals surface area (Å²) in [5.74, 6) is -4.53. The second kappa shape index (κ2) is 8.83. The minimum Gasteiger partial charge on any atom is -0.504 e. The zero-order chi connectivity index (χ0) is 24.7. The summed E-state index contributed by atoms with van der Waals surface area (Å²) in [5.41, 5.74) is -0.512. The normalized spacial score (nSPS) is 24.6. The number of phenolic OH excluding ortho intramolecular Hbond substituents is 2. The zero-order valence-corrected chi connectivity index (χ0v) is 17.5. The number of aliphatic carboxylic acids is 1. The van der Waals surface area contributed by atoms with E-state index in [1.54, 1.807) is 30.3 Å². The van der Waals surface area contributed by atoms with Crippen LogP contribution in [0.5, 0.6) is 23.0 Å².